The Labute approximate surface area is 199 Å². The van der Waals surface area contributed by atoms with Crippen molar-refractivity contribution in [2.75, 3.05) is 20.3 Å². The molecule has 0 aliphatic carbocycles. The molecule has 0 aromatic rings. The summed E-state index contributed by atoms with van der Waals surface area (Å²) in [5, 5.41) is 69.1. The van der Waals surface area contributed by atoms with E-state index in [1.165, 1.54) is 14.0 Å². The monoisotopic (exact) mass is 466 g/mol. The van der Waals surface area contributed by atoms with Gasteiger partial charge in [0, 0.05) is 12.4 Å². The summed E-state index contributed by atoms with van der Waals surface area (Å²) in [5.74, 6) is -1.41. The second-order valence-electron chi connectivity index (χ2n) is 6.81. The van der Waals surface area contributed by atoms with Crippen molar-refractivity contribution in [2.24, 2.45) is 0 Å². The molecule has 2 heterocycles. The third-order valence-electron chi connectivity index (χ3n) is 4.86. The Morgan fingerprint density at radius 1 is 1.00 bits per heavy atom. The maximum atomic E-state index is 11.0. The van der Waals surface area contributed by atoms with Gasteiger partial charge >= 0.3 is 29.6 Å². The van der Waals surface area contributed by atoms with Crippen LogP contribution in [-0.2, 0) is 23.7 Å². The van der Waals surface area contributed by atoms with Crippen molar-refractivity contribution in [1.29, 1.82) is 0 Å². The number of carbonyl (C=O) groups excluding carboxylic acids is 1. The van der Waals surface area contributed by atoms with Crippen LogP contribution in [0.4, 0.5) is 0 Å². The molecule has 0 bridgehead atoms. The Balaban J connectivity index is 0.00000450. The molecule has 2 fully saturated rings. The van der Waals surface area contributed by atoms with Crippen molar-refractivity contribution in [1.82, 2.24) is 0 Å². The van der Waals surface area contributed by atoms with Crippen molar-refractivity contribution in [3.63, 3.8) is 0 Å². The molecule has 0 aromatic carbocycles. The molecule has 14 heteroatoms. The van der Waals surface area contributed by atoms with E-state index in [4.69, 9.17) is 18.9 Å². The molecule has 6 N–H and O–H groups in total. The quantitative estimate of drug-likeness (QED) is 0.185. The predicted molar refractivity (Wildman–Crippen MR) is 93.3 cm³/mol. The standard InChI is InChI=1S/C16H28O12S.Na/c1-5(14(23)24)29-13-8(19)6(3-17)26-16(11(13)22)28-12-7(4-18)27-15(25-2)10(21)9(12)20;/h5-13,15-22H,3-4H2,1-2H3,(H,23,24);/q;+1/p-1/t5?,6-,7-,8+,9-,10-,11-,12-,13+,15-,16+;/m1./s1. The number of carboxylic acids is 1. The molecule has 2 saturated heterocycles. The number of thioether (sulfide) groups is 1. The Bertz CT molecular complexity index is 542. The average molecular weight is 466 g/mol. The number of carbonyl (C=O) groups is 1. The van der Waals surface area contributed by atoms with E-state index in [1.807, 2.05) is 0 Å². The minimum Gasteiger partial charge on any atom is -0.549 e. The van der Waals surface area contributed by atoms with Gasteiger partial charge in [-0.05, 0) is 6.92 Å². The molecule has 0 saturated carbocycles. The molecule has 0 aromatic heterocycles. The molecule has 2 aliphatic heterocycles. The van der Waals surface area contributed by atoms with E-state index in [0.717, 1.165) is 0 Å². The second-order valence-corrected chi connectivity index (χ2v) is 8.34. The first-order valence-electron chi connectivity index (χ1n) is 8.95. The van der Waals surface area contributed by atoms with Crippen LogP contribution >= 0.6 is 11.8 Å². The Morgan fingerprint density at radius 2 is 1.57 bits per heavy atom. The molecule has 1 unspecified atom stereocenters. The molecular weight excluding hydrogens is 439 g/mol. The summed E-state index contributed by atoms with van der Waals surface area (Å²) in [7, 11) is 1.23. The van der Waals surface area contributed by atoms with Gasteiger partial charge in [-0.1, -0.05) is 0 Å². The molecular formula is C16H27NaO12S. The average Bonchev–Trinajstić information content (AvgIpc) is 2.70. The summed E-state index contributed by atoms with van der Waals surface area (Å²) in [6, 6.07) is 0. The first-order valence-corrected chi connectivity index (χ1v) is 9.90. The van der Waals surface area contributed by atoms with Crippen LogP contribution in [-0.4, -0.2) is 123 Å². The van der Waals surface area contributed by atoms with Gasteiger partial charge in [-0.3, -0.25) is 0 Å². The number of hydrogen-bond acceptors (Lipinski definition) is 13. The number of methoxy groups -OCH3 is 1. The SMILES string of the molecule is CO[C@@H]1O[C@H](CO)[C@@H](O[C@@H]2O[C@H](CO)[C@H](O)[C@H](SC(C)C(=O)[O-])[C@H]2O)[C@H](O)[C@H]1O.[Na+]. The van der Waals surface area contributed by atoms with Crippen LogP contribution in [0.1, 0.15) is 6.92 Å². The van der Waals surface area contributed by atoms with Crippen LogP contribution in [0, 0.1) is 0 Å². The summed E-state index contributed by atoms with van der Waals surface area (Å²) in [4.78, 5) is 11.0. The van der Waals surface area contributed by atoms with E-state index in [0.29, 0.717) is 11.8 Å². The molecule has 2 aliphatic rings. The van der Waals surface area contributed by atoms with Gasteiger partial charge in [0.15, 0.2) is 12.6 Å². The molecule has 170 valence electrons. The third kappa shape index (κ3) is 6.26. The maximum absolute atomic E-state index is 11.0. The smallest absolute Gasteiger partial charge is 0.549 e. The zero-order valence-corrected chi connectivity index (χ0v) is 19.6. The summed E-state index contributed by atoms with van der Waals surface area (Å²) in [6.45, 7) is 0.0234. The Hall–Kier alpha value is 0.420. The zero-order chi connectivity index (χ0) is 21.9. The van der Waals surface area contributed by atoms with Gasteiger partial charge in [0.25, 0.3) is 0 Å². The van der Waals surface area contributed by atoms with Crippen LogP contribution in [0.5, 0.6) is 0 Å². The van der Waals surface area contributed by atoms with Crippen LogP contribution < -0.4 is 34.7 Å². The summed E-state index contributed by atoms with van der Waals surface area (Å²) in [6.07, 6.45) is -12.6. The van der Waals surface area contributed by atoms with Crippen LogP contribution in [0.15, 0.2) is 0 Å². The topological polar surface area (TPSA) is 198 Å². The van der Waals surface area contributed by atoms with Gasteiger partial charge < -0.3 is 59.5 Å². The number of aliphatic hydroxyl groups is 6. The van der Waals surface area contributed by atoms with Gasteiger partial charge in [0.2, 0.25) is 0 Å². The molecule has 0 spiro atoms. The molecule has 30 heavy (non-hydrogen) atoms. The van der Waals surface area contributed by atoms with Gasteiger partial charge in [-0.15, -0.1) is 11.8 Å². The maximum Gasteiger partial charge on any atom is 1.00 e. The second kappa shape index (κ2) is 12.6. The number of aliphatic hydroxyl groups excluding tert-OH is 6. The van der Waals surface area contributed by atoms with Gasteiger partial charge in [0.05, 0.1) is 30.5 Å². The van der Waals surface area contributed by atoms with E-state index in [9.17, 15) is 40.5 Å². The molecule has 2 rings (SSSR count). The first-order chi connectivity index (χ1) is 13.7. The normalized spacial score (nSPS) is 42.9. The van der Waals surface area contributed by atoms with Gasteiger partial charge in [-0.25, -0.2) is 0 Å². The summed E-state index contributed by atoms with van der Waals surface area (Å²) >= 11 is 0.696. The van der Waals surface area contributed by atoms with E-state index in [2.05, 4.69) is 0 Å². The van der Waals surface area contributed by atoms with Gasteiger partial charge in [-0.2, -0.15) is 0 Å². The minimum absolute atomic E-state index is 0. The van der Waals surface area contributed by atoms with E-state index in [-0.39, 0.29) is 29.6 Å². The molecule has 0 amide bonds. The summed E-state index contributed by atoms with van der Waals surface area (Å²) < 4.78 is 21.1. The van der Waals surface area contributed by atoms with Crippen LogP contribution in [0.2, 0.25) is 0 Å². The van der Waals surface area contributed by atoms with Crippen molar-refractivity contribution >= 4 is 17.7 Å². The first kappa shape index (κ1) is 28.5. The van der Waals surface area contributed by atoms with Crippen molar-refractivity contribution in [2.45, 2.75) is 72.7 Å². The number of aliphatic carboxylic acids is 1. The fourth-order valence-electron chi connectivity index (χ4n) is 3.19. The van der Waals surface area contributed by atoms with E-state index >= 15 is 0 Å². The van der Waals surface area contributed by atoms with Crippen molar-refractivity contribution in [3.05, 3.63) is 0 Å². The zero-order valence-electron chi connectivity index (χ0n) is 16.8. The van der Waals surface area contributed by atoms with Gasteiger partial charge in [0.1, 0.15) is 36.6 Å². The molecule has 11 atom stereocenters. The number of rotatable bonds is 8. The fraction of sp³-hybridized carbons (Fsp3) is 0.938. The Kier molecular flexibility index (Phi) is 12.0. The number of ether oxygens (including phenoxy) is 4. The predicted octanol–water partition coefficient (Wildman–Crippen LogP) is -7.86. The van der Waals surface area contributed by atoms with Crippen LogP contribution in [0.3, 0.4) is 0 Å². The van der Waals surface area contributed by atoms with Crippen molar-refractivity contribution < 1.29 is 89.0 Å². The molecule has 0 radical (unpaired) electrons. The fourth-order valence-corrected chi connectivity index (χ4v) is 4.40. The summed E-state index contributed by atoms with van der Waals surface area (Å²) in [5.41, 5.74) is 0. The Morgan fingerprint density at radius 3 is 2.07 bits per heavy atom. The molecule has 12 nitrogen and oxygen atoms in total. The number of hydrogen-bond donors (Lipinski definition) is 6. The largest absolute Gasteiger partial charge is 1.00 e. The van der Waals surface area contributed by atoms with Crippen LogP contribution in [0.25, 0.3) is 0 Å². The van der Waals surface area contributed by atoms with E-state index in [1.54, 1.807) is 0 Å². The van der Waals surface area contributed by atoms with Crippen molar-refractivity contribution in [3.8, 4) is 0 Å². The third-order valence-corrected chi connectivity index (χ3v) is 6.33. The minimum atomic E-state index is -1.59. The van der Waals surface area contributed by atoms with E-state index < -0.39 is 85.0 Å². The number of carboxylic acid groups (broad SMARTS) is 1.